The summed E-state index contributed by atoms with van der Waals surface area (Å²) in [6.07, 6.45) is 1.11. The number of guanidine groups is 1. The summed E-state index contributed by atoms with van der Waals surface area (Å²) in [5, 5.41) is 18.2. The number of hydrogen-bond donors (Lipinski definition) is 3. The Balaban J connectivity index is 1.64. The molecule has 0 fully saturated rings. The monoisotopic (exact) mass is 398 g/mol. The number of thiophene rings is 1. The molecule has 1 aromatic carbocycles. The van der Waals surface area contributed by atoms with E-state index < -0.39 is 6.10 Å². The molecule has 2 heterocycles. The van der Waals surface area contributed by atoms with Gasteiger partial charge in [0.2, 0.25) is 5.88 Å². The number of rotatable bonds is 8. The molecule has 0 amide bonds. The molecule has 0 saturated carbocycles. The van der Waals surface area contributed by atoms with Gasteiger partial charge in [-0.2, -0.15) is 0 Å². The highest BCUT2D eigenvalue weighted by Crippen LogP contribution is 2.29. The summed E-state index contributed by atoms with van der Waals surface area (Å²) < 4.78 is 6.73. The van der Waals surface area contributed by atoms with E-state index in [-0.39, 0.29) is 0 Å². The van der Waals surface area contributed by atoms with Crippen LogP contribution in [0.3, 0.4) is 0 Å². The fourth-order valence-corrected chi connectivity index (χ4v) is 3.83. The molecular formula is C21H26N4O2S. The zero-order chi connectivity index (χ0) is 19.8. The predicted octanol–water partition coefficient (Wildman–Crippen LogP) is 3.48. The number of aliphatic imine (C=N–C) groups is 1. The van der Waals surface area contributed by atoms with E-state index in [1.807, 2.05) is 44.2 Å². The molecule has 0 radical (unpaired) electrons. The molecule has 7 heteroatoms. The van der Waals surface area contributed by atoms with Gasteiger partial charge in [-0.3, -0.25) is 0 Å². The third-order valence-electron chi connectivity index (χ3n) is 4.12. The zero-order valence-electron chi connectivity index (χ0n) is 16.2. The van der Waals surface area contributed by atoms with Gasteiger partial charge in [-0.25, -0.2) is 9.98 Å². The van der Waals surface area contributed by atoms with Crippen LogP contribution < -0.4 is 15.4 Å². The summed E-state index contributed by atoms with van der Waals surface area (Å²) in [5.74, 6) is 1.25. The predicted molar refractivity (Wildman–Crippen MR) is 115 cm³/mol. The van der Waals surface area contributed by atoms with E-state index >= 15 is 0 Å². The second-order valence-electron chi connectivity index (χ2n) is 6.18. The summed E-state index contributed by atoms with van der Waals surface area (Å²) in [7, 11) is 0. The molecule has 148 valence electrons. The highest BCUT2D eigenvalue weighted by atomic mass is 32.1. The third kappa shape index (κ3) is 5.21. The lowest BCUT2D eigenvalue weighted by atomic mass is 10.2. The van der Waals surface area contributed by atoms with Gasteiger partial charge in [-0.05, 0) is 37.4 Å². The third-order valence-corrected chi connectivity index (χ3v) is 5.34. The smallest absolute Gasteiger partial charge is 0.218 e. The molecular weight excluding hydrogens is 372 g/mol. The van der Waals surface area contributed by atoms with Crippen LogP contribution in [0.15, 0.2) is 53.7 Å². The maximum atomic E-state index is 10.6. The summed E-state index contributed by atoms with van der Waals surface area (Å²) in [4.78, 5) is 9.80. The van der Waals surface area contributed by atoms with Crippen molar-refractivity contribution in [1.82, 2.24) is 15.6 Å². The van der Waals surface area contributed by atoms with Crippen LogP contribution in [0.4, 0.5) is 0 Å². The SMILES string of the molecule is CCNC(=NCc1cccnc1OCC)NCC(O)c1cc2ccccc2s1. The van der Waals surface area contributed by atoms with Gasteiger partial charge in [0.15, 0.2) is 5.96 Å². The van der Waals surface area contributed by atoms with Crippen molar-refractivity contribution in [3.05, 3.63) is 59.1 Å². The molecule has 0 aliphatic carbocycles. The van der Waals surface area contributed by atoms with Crippen LogP contribution in [0.25, 0.3) is 10.1 Å². The molecule has 3 rings (SSSR count). The maximum absolute atomic E-state index is 10.6. The molecule has 0 spiro atoms. The van der Waals surface area contributed by atoms with E-state index in [4.69, 9.17) is 4.74 Å². The first kappa shape index (κ1) is 20.1. The molecule has 0 aliphatic heterocycles. The minimum Gasteiger partial charge on any atom is -0.478 e. The molecule has 3 aromatic rings. The van der Waals surface area contributed by atoms with E-state index in [0.717, 1.165) is 22.4 Å². The van der Waals surface area contributed by atoms with Crippen molar-refractivity contribution < 1.29 is 9.84 Å². The number of hydrogen-bond acceptors (Lipinski definition) is 5. The van der Waals surface area contributed by atoms with Crippen LogP contribution in [0.2, 0.25) is 0 Å². The number of aromatic nitrogens is 1. The second-order valence-corrected chi connectivity index (χ2v) is 7.29. The van der Waals surface area contributed by atoms with Crippen LogP contribution in [0.5, 0.6) is 5.88 Å². The highest BCUT2D eigenvalue weighted by Gasteiger charge is 2.12. The van der Waals surface area contributed by atoms with Gasteiger partial charge < -0.3 is 20.5 Å². The van der Waals surface area contributed by atoms with E-state index in [1.165, 1.54) is 4.70 Å². The van der Waals surface area contributed by atoms with Crippen molar-refractivity contribution in [3.63, 3.8) is 0 Å². The topological polar surface area (TPSA) is 78.8 Å². The van der Waals surface area contributed by atoms with Crippen molar-refractivity contribution in [1.29, 1.82) is 0 Å². The Hall–Kier alpha value is -2.64. The molecule has 3 N–H and O–H groups in total. The summed E-state index contributed by atoms with van der Waals surface area (Å²) in [5.41, 5.74) is 0.923. The highest BCUT2D eigenvalue weighted by molar-refractivity contribution is 7.19. The Morgan fingerprint density at radius 1 is 1.21 bits per heavy atom. The van der Waals surface area contributed by atoms with Gasteiger partial charge in [-0.15, -0.1) is 11.3 Å². The number of pyridine rings is 1. The van der Waals surface area contributed by atoms with Gasteiger partial charge in [0.25, 0.3) is 0 Å². The van der Waals surface area contributed by atoms with Crippen molar-refractivity contribution in [3.8, 4) is 5.88 Å². The molecule has 0 aliphatic rings. The Labute approximate surface area is 169 Å². The van der Waals surface area contributed by atoms with Crippen molar-refractivity contribution in [2.75, 3.05) is 19.7 Å². The largest absolute Gasteiger partial charge is 0.478 e. The van der Waals surface area contributed by atoms with Crippen LogP contribution in [0.1, 0.15) is 30.4 Å². The van der Waals surface area contributed by atoms with E-state index in [0.29, 0.717) is 31.5 Å². The van der Waals surface area contributed by atoms with Gasteiger partial charge in [0.05, 0.1) is 13.2 Å². The van der Waals surface area contributed by atoms with Gasteiger partial charge in [0.1, 0.15) is 6.10 Å². The molecule has 0 saturated heterocycles. The average Bonchev–Trinajstić information content (AvgIpc) is 3.15. The molecule has 1 atom stereocenters. The normalized spacial score (nSPS) is 12.8. The van der Waals surface area contributed by atoms with Gasteiger partial charge in [0, 0.05) is 34.4 Å². The number of nitrogens with zero attached hydrogens (tertiary/aromatic N) is 2. The van der Waals surface area contributed by atoms with Gasteiger partial charge >= 0.3 is 0 Å². The molecule has 6 nitrogen and oxygen atoms in total. The Morgan fingerprint density at radius 2 is 2.07 bits per heavy atom. The number of benzene rings is 1. The summed E-state index contributed by atoms with van der Waals surface area (Å²) >= 11 is 1.61. The zero-order valence-corrected chi connectivity index (χ0v) is 17.0. The van der Waals surface area contributed by atoms with Crippen molar-refractivity contribution in [2.45, 2.75) is 26.5 Å². The van der Waals surface area contributed by atoms with E-state index in [2.05, 4.69) is 32.7 Å². The van der Waals surface area contributed by atoms with Crippen LogP contribution >= 0.6 is 11.3 Å². The fraction of sp³-hybridized carbons (Fsp3) is 0.333. The summed E-state index contributed by atoms with van der Waals surface area (Å²) in [6, 6.07) is 14.0. The van der Waals surface area contributed by atoms with E-state index in [1.54, 1.807) is 17.5 Å². The lowest BCUT2D eigenvalue weighted by molar-refractivity contribution is 0.184. The lowest BCUT2D eigenvalue weighted by Gasteiger charge is -2.14. The molecule has 0 bridgehead atoms. The lowest BCUT2D eigenvalue weighted by Crippen LogP contribution is -2.39. The number of fused-ring (bicyclic) bond motifs is 1. The minimum atomic E-state index is -0.598. The molecule has 28 heavy (non-hydrogen) atoms. The second kappa shape index (κ2) is 10.1. The number of nitrogens with one attached hydrogen (secondary N) is 2. The van der Waals surface area contributed by atoms with E-state index in [9.17, 15) is 5.11 Å². The Morgan fingerprint density at radius 3 is 2.86 bits per heavy atom. The number of aliphatic hydroxyl groups excluding tert-OH is 1. The number of ether oxygens (including phenoxy) is 1. The van der Waals surface area contributed by atoms with Crippen LogP contribution in [-0.2, 0) is 6.54 Å². The first-order valence-corrected chi connectivity index (χ1v) is 10.3. The fourth-order valence-electron chi connectivity index (χ4n) is 2.78. The van der Waals surface area contributed by atoms with Crippen LogP contribution in [-0.4, -0.2) is 35.7 Å². The molecule has 1 unspecified atom stereocenters. The minimum absolute atomic E-state index is 0.379. The van der Waals surface area contributed by atoms with Crippen molar-refractivity contribution >= 4 is 27.4 Å². The van der Waals surface area contributed by atoms with Crippen molar-refractivity contribution in [2.24, 2.45) is 4.99 Å². The van der Waals surface area contributed by atoms with Crippen LogP contribution in [0, 0.1) is 0 Å². The first-order chi connectivity index (χ1) is 13.7. The maximum Gasteiger partial charge on any atom is 0.218 e. The number of aliphatic hydroxyl groups is 1. The summed E-state index contributed by atoms with van der Waals surface area (Å²) in [6.45, 7) is 6.06. The Kier molecular flexibility index (Phi) is 7.22. The average molecular weight is 399 g/mol. The molecule has 2 aromatic heterocycles. The quantitative estimate of drug-likeness (QED) is 0.400. The first-order valence-electron chi connectivity index (χ1n) is 9.46. The Bertz CT molecular complexity index is 892. The standard InChI is InChI=1S/C21H26N4O2S/c1-3-22-21(24-13-16-9-7-11-23-20(16)27-4-2)25-14-17(26)19-12-15-8-5-6-10-18(15)28-19/h5-12,17,26H,3-4,13-14H2,1-2H3,(H2,22,24,25). The van der Waals surface area contributed by atoms with Gasteiger partial charge in [-0.1, -0.05) is 24.3 Å².